The molecule has 9 heteroatoms. The van der Waals surface area contributed by atoms with Gasteiger partial charge in [0.05, 0.1) is 0 Å². The molecular formula is C13H16F3NO4S. The number of hydrogen-bond acceptors (Lipinski definition) is 4. The van der Waals surface area contributed by atoms with E-state index >= 15 is 0 Å². The number of benzene rings is 1. The lowest BCUT2D eigenvalue weighted by Gasteiger charge is -2.19. The van der Waals surface area contributed by atoms with E-state index < -0.39 is 27.0 Å². The Bertz CT molecular complexity index is 632. The van der Waals surface area contributed by atoms with Gasteiger partial charge in [-0.2, -0.15) is 4.31 Å². The van der Waals surface area contributed by atoms with E-state index in [0.717, 1.165) is 16.4 Å². The maximum absolute atomic E-state index is 12.5. The molecule has 0 bridgehead atoms. The first-order valence-electron chi connectivity index (χ1n) is 6.61. The maximum atomic E-state index is 12.5. The van der Waals surface area contributed by atoms with Gasteiger partial charge in [-0.3, -0.25) is 0 Å². The molecular weight excluding hydrogens is 323 g/mol. The lowest BCUT2D eigenvalue weighted by atomic mass is 10.00. The monoisotopic (exact) mass is 339 g/mol. The van der Waals surface area contributed by atoms with Crippen LogP contribution in [0, 0.1) is 11.8 Å². The molecule has 22 heavy (non-hydrogen) atoms. The van der Waals surface area contributed by atoms with Crippen LogP contribution >= 0.6 is 0 Å². The molecule has 2 rings (SSSR count). The first kappa shape index (κ1) is 17.0. The van der Waals surface area contributed by atoms with Gasteiger partial charge < -0.3 is 9.84 Å². The summed E-state index contributed by atoms with van der Waals surface area (Å²) in [5.74, 6) is -1.06. The minimum atomic E-state index is -4.97. The number of aliphatic hydroxyl groups is 1. The summed E-state index contributed by atoms with van der Waals surface area (Å²) in [5.41, 5.74) is 0. The van der Waals surface area contributed by atoms with E-state index in [1.54, 1.807) is 6.92 Å². The van der Waals surface area contributed by atoms with Gasteiger partial charge in [0.25, 0.3) is 0 Å². The van der Waals surface area contributed by atoms with Gasteiger partial charge >= 0.3 is 6.36 Å². The van der Waals surface area contributed by atoms with Crippen molar-refractivity contribution < 1.29 is 31.4 Å². The predicted molar refractivity (Wildman–Crippen MR) is 71.6 cm³/mol. The van der Waals surface area contributed by atoms with Crippen molar-refractivity contribution in [2.24, 2.45) is 11.8 Å². The number of nitrogens with zero attached hydrogens (tertiary/aromatic N) is 1. The number of ether oxygens (including phenoxy) is 1. The van der Waals surface area contributed by atoms with Crippen molar-refractivity contribution in [1.29, 1.82) is 0 Å². The van der Waals surface area contributed by atoms with Crippen molar-refractivity contribution >= 4 is 10.0 Å². The number of para-hydroxylation sites is 1. The third-order valence-corrected chi connectivity index (χ3v) is 5.53. The Morgan fingerprint density at radius 2 is 1.95 bits per heavy atom. The smallest absolute Gasteiger partial charge is 0.404 e. The quantitative estimate of drug-likeness (QED) is 0.909. The van der Waals surface area contributed by atoms with E-state index in [0.29, 0.717) is 0 Å². The van der Waals surface area contributed by atoms with Crippen molar-refractivity contribution in [2.75, 3.05) is 19.7 Å². The summed E-state index contributed by atoms with van der Waals surface area (Å²) in [5, 5.41) is 9.20. The van der Waals surface area contributed by atoms with Crippen LogP contribution in [-0.4, -0.2) is 43.9 Å². The lowest BCUT2D eigenvalue weighted by molar-refractivity contribution is -0.275. The Kier molecular flexibility index (Phi) is 4.69. The molecule has 1 aromatic rings. The number of rotatable bonds is 4. The fraction of sp³-hybridized carbons (Fsp3) is 0.538. The second-order valence-corrected chi connectivity index (χ2v) is 7.14. The molecule has 1 aliphatic rings. The number of aliphatic hydroxyl groups excluding tert-OH is 1. The van der Waals surface area contributed by atoms with E-state index in [2.05, 4.69) is 4.74 Å². The second kappa shape index (κ2) is 6.05. The molecule has 1 aromatic carbocycles. The minimum Gasteiger partial charge on any atom is -0.404 e. The van der Waals surface area contributed by atoms with Crippen LogP contribution in [0.15, 0.2) is 29.2 Å². The van der Waals surface area contributed by atoms with Gasteiger partial charge in [0, 0.05) is 19.7 Å². The van der Waals surface area contributed by atoms with Crippen LogP contribution in [-0.2, 0) is 10.0 Å². The van der Waals surface area contributed by atoms with E-state index in [1.807, 2.05) is 0 Å². The molecule has 1 fully saturated rings. The van der Waals surface area contributed by atoms with Crippen molar-refractivity contribution in [3.63, 3.8) is 0 Å². The third kappa shape index (κ3) is 3.53. The van der Waals surface area contributed by atoms with E-state index in [4.69, 9.17) is 0 Å². The standard InChI is InChI=1S/C13H16F3NO4S/c1-9-6-17(7-10(9)8-18)22(19,20)12-5-3-2-4-11(12)21-13(14,15)16/h2-5,9-10,18H,6-8H2,1H3/t9-,10+/m1/s1. The van der Waals surface area contributed by atoms with E-state index in [9.17, 15) is 26.7 Å². The van der Waals surface area contributed by atoms with Gasteiger partial charge in [-0.1, -0.05) is 19.1 Å². The molecule has 5 nitrogen and oxygen atoms in total. The Hall–Kier alpha value is -1.32. The highest BCUT2D eigenvalue weighted by Gasteiger charge is 2.40. The molecule has 0 spiro atoms. The second-order valence-electron chi connectivity index (χ2n) is 5.24. The van der Waals surface area contributed by atoms with Crippen LogP contribution in [0.25, 0.3) is 0 Å². The molecule has 0 aliphatic carbocycles. The summed E-state index contributed by atoms with van der Waals surface area (Å²) >= 11 is 0. The molecule has 0 saturated carbocycles. The van der Waals surface area contributed by atoms with Crippen molar-refractivity contribution in [1.82, 2.24) is 4.31 Å². The molecule has 1 heterocycles. The average Bonchev–Trinajstić information content (AvgIpc) is 2.79. The number of halogens is 3. The van der Waals surface area contributed by atoms with Gasteiger partial charge in [-0.25, -0.2) is 8.42 Å². The molecule has 0 amide bonds. The molecule has 2 atom stereocenters. The summed E-state index contributed by atoms with van der Waals surface area (Å²) in [6.45, 7) is 1.83. The normalized spacial score (nSPS) is 23.7. The highest BCUT2D eigenvalue weighted by molar-refractivity contribution is 7.89. The summed E-state index contributed by atoms with van der Waals surface area (Å²) in [6, 6.07) is 4.64. The fourth-order valence-electron chi connectivity index (χ4n) is 2.43. The largest absolute Gasteiger partial charge is 0.573 e. The van der Waals surface area contributed by atoms with Gasteiger partial charge in [0.2, 0.25) is 10.0 Å². The van der Waals surface area contributed by atoms with Crippen molar-refractivity contribution in [3.8, 4) is 5.75 Å². The summed E-state index contributed by atoms with van der Waals surface area (Å²) in [6.07, 6.45) is -4.97. The molecule has 124 valence electrons. The zero-order valence-corrected chi connectivity index (χ0v) is 12.6. The molecule has 0 aromatic heterocycles. The van der Waals surface area contributed by atoms with Gasteiger partial charge in [0.1, 0.15) is 10.6 Å². The topological polar surface area (TPSA) is 66.8 Å². The van der Waals surface area contributed by atoms with Gasteiger partial charge in [-0.05, 0) is 24.0 Å². The number of alkyl halides is 3. The molecule has 1 saturated heterocycles. The zero-order valence-electron chi connectivity index (χ0n) is 11.7. The lowest BCUT2D eigenvalue weighted by Crippen LogP contribution is -2.30. The zero-order chi connectivity index (χ0) is 16.5. The Morgan fingerprint density at radius 1 is 1.32 bits per heavy atom. The molecule has 1 N–H and O–H groups in total. The number of hydrogen-bond donors (Lipinski definition) is 1. The Labute approximate surface area is 126 Å². The average molecular weight is 339 g/mol. The van der Waals surface area contributed by atoms with E-state index in [1.165, 1.54) is 12.1 Å². The third-order valence-electron chi connectivity index (χ3n) is 3.66. The highest BCUT2D eigenvalue weighted by atomic mass is 32.2. The summed E-state index contributed by atoms with van der Waals surface area (Å²) < 4.78 is 67.2. The summed E-state index contributed by atoms with van der Waals surface area (Å²) in [7, 11) is -4.12. The highest BCUT2D eigenvalue weighted by Crippen LogP contribution is 2.34. The van der Waals surface area contributed by atoms with Crippen molar-refractivity contribution in [2.45, 2.75) is 18.2 Å². The molecule has 0 unspecified atom stereocenters. The SMILES string of the molecule is C[C@@H]1CN(S(=O)(=O)c2ccccc2OC(F)(F)F)C[C@H]1CO. The van der Waals surface area contributed by atoms with Crippen molar-refractivity contribution in [3.05, 3.63) is 24.3 Å². The first-order valence-corrected chi connectivity index (χ1v) is 8.05. The molecule has 0 radical (unpaired) electrons. The van der Waals surface area contributed by atoms with Gasteiger partial charge in [0.15, 0.2) is 0 Å². The fourth-order valence-corrected chi connectivity index (χ4v) is 4.14. The first-order chi connectivity index (χ1) is 10.1. The summed E-state index contributed by atoms with van der Waals surface area (Å²) in [4.78, 5) is -0.530. The predicted octanol–water partition coefficient (Wildman–Crippen LogP) is 1.83. The number of sulfonamides is 1. The van der Waals surface area contributed by atoms with Crippen LogP contribution < -0.4 is 4.74 Å². The Balaban J connectivity index is 2.35. The van der Waals surface area contributed by atoms with Crippen LogP contribution in [0.2, 0.25) is 0 Å². The van der Waals surface area contributed by atoms with Crippen LogP contribution in [0.5, 0.6) is 5.75 Å². The minimum absolute atomic E-state index is 0.0698. The van der Waals surface area contributed by atoms with Gasteiger partial charge in [-0.15, -0.1) is 13.2 Å². The van der Waals surface area contributed by atoms with Crippen LogP contribution in [0.1, 0.15) is 6.92 Å². The molecule has 1 aliphatic heterocycles. The van der Waals surface area contributed by atoms with Crippen LogP contribution in [0.3, 0.4) is 0 Å². The maximum Gasteiger partial charge on any atom is 0.573 e. The van der Waals surface area contributed by atoms with E-state index in [-0.39, 0.29) is 31.5 Å². The van der Waals surface area contributed by atoms with Crippen LogP contribution in [0.4, 0.5) is 13.2 Å². The Morgan fingerprint density at radius 3 is 2.50 bits per heavy atom.